The van der Waals surface area contributed by atoms with Gasteiger partial charge in [-0.1, -0.05) is 40.1 Å². The van der Waals surface area contributed by atoms with E-state index in [1.54, 1.807) is 6.07 Å². The molecule has 1 atom stereocenters. The van der Waals surface area contributed by atoms with E-state index in [9.17, 15) is 9.18 Å². The highest BCUT2D eigenvalue weighted by atomic mass is 33.1. The van der Waals surface area contributed by atoms with Crippen molar-refractivity contribution in [3.8, 4) is 11.3 Å². The van der Waals surface area contributed by atoms with Crippen molar-refractivity contribution in [2.24, 2.45) is 0 Å². The van der Waals surface area contributed by atoms with Crippen molar-refractivity contribution in [2.45, 2.75) is 50.2 Å². The largest absolute Gasteiger partial charge is 0.346 e. The quantitative estimate of drug-likeness (QED) is 0.417. The predicted octanol–water partition coefficient (Wildman–Crippen LogP) is 5.32. The highest BCUT2D eigenvalue weighted by molar-refractivity contribution is 8.77. The number of hydrogen-bond acceptors (Lipinski definition) is 4. The monoisotopic (exact) mass is 421 g/mol. The third kappa shape index (κ3) is 6.55. The molecule has 1 N–H and O–H groups in total. The smallest absolute Gasteiger partial charge is 0.222 e. The van der Waals surface area contributed by atoms with E-state index in [1.807, 2.05) is 45.7 Å². The highest BCUT2D eigenvalue weighted by Crippen LogP contribution is 2.39. The third-order valence-electron chi connectivity index (χ3n) is 5.01. The van der Waals surface area contributed by atoms with Gasteiger partial charge in [0.1, 0.15) is 5.82 Å². The van der Waals surface area contributed by atoms with Gasteiger partial charge >= 0.3 is 0 Å². The van der Waals surface area contributed by atoms with E-state index in [0.29, 0.717) is 6.42 Å². The first-order valence-corrected chi connectivity index (χ1v) is 12.3. The lowest BCUT2D eigenvalue weighted by Gasteiger charge is -2.17. The van der Waals surface area contributed by atoms with Crippen molar-refractivity contribution in [1.29, 1.82) is 0 Å². The van der Waals surface area contributed by atoms with E-state index in [4.69, 9.17) is 0 Å². The molecular formula is C21H28FN3OS2. The van der Waals surface area contributed by atoms with Crippen LogP contribution in [0.2, 0.25) is 0 Å². The molecule has 2 heterocycles. The maximum atomic E-state index is 13.3. The average molecular weight is 422 g/mol. The molecule has 0 aliphatic carbocycles. The van der Waals surface area contributed by atoms with Gasteiger partial charge in [0.2, 0.25) is 5.91 Å². The molecule has 0 saturated carbocycles. The van der Waals surface area contributed by atoms with Crippen LogP contribution in [0.15, 0.2) is 30.3 Å². The minimum Gasteiger partial charge on any atom is -0.346 e. The molecular weight excluding hydrogens is 393 g/mol. The molecule has 1 aliphatic rings. The lowest BCUT2D eigenvalue weighted by Crippen LogP contribution is -2.27. The summed E-state index contributed by atoms with van der Waals surface area (Å²) in [6.07, 6.45) is 7.03. The number of rotatable bonds is 10. The maximum Gasteiger partial charge on any atom is 0.222 e. The molecule has 1 amide bonds. The van der Waals surface area contributed by atoms with Crippen LogP contribution in [-0.4, -0.2) is 45.6 Å². The van der Waals surface area contributed by atoms with E-state index in [-0.39, 0.29) is 11.7 Å². The van der Waals surface area contributed by atoms with Crippen LogP contribution in [-0.2, 0) is 11.2 Å². The molecule has 4 nitrogen and oxygen atoms in total. The number of halogens is 1. The molecule has 2 aromatic rings. The fraction of sp³-hybridized carbons (Fsp3) is 0.524. The molecule has 3 rings (SSSR count). The number of carbonyl (C=O) groups is 1. The van der Waals surface area contributed by atoms with Gasteiger partial charge in [-0.05, 0) is 50.3 Å². The van der Waals surface area contributed by atoms with Gasteiger partial charge < -0.3 is 4.90 Å². The lowest BCUT2D eigenvalue weighted by molar-refractivity contribution is -0.130. The van der Waals surface area contributed by atoms with Gasteiger partial charge in [-0.3, -0.25) is 9.89 Å². The molecule has 1 saturated heterocycles. The summed E-state index contributed by atoms with van der Waals surface area (Å²) in [5.74, 6) is 1.25. The van der Waals surface area contributed by atoms with Gasteiger partial charge in [0.25, 0.3) is 0 Å². The Hall–Kier alpha value is -1.47. The zero-order valence-electron chi connectivity index (χ0n) is 16.3. The molecule has 152 valence electrons. The average Bonchev–Trinajstić information content (AvgIpc) is 3.37. The molecule has 7 heteroatoms. The highest BCUT2D eigenvalue weighted by Gasteiger charge is 2.16. The van der Waals surface area contributed by atoms with E-state index in [1.165, 1.54) is 30.7 Å². The van der Waals surface area contributed by atoms with Crippen molar-refractivity contribution < 1.29 is 9.18 Å². The molecule has 1 unspecified atom stereocenters. The number of unbranched alkanes of at least 4 members (excludes halogenated alkanes) is 1. The fourth-order valence-corrected chi connectivity index (χ4v) is 6.35. The van der Waals surface area contributed by atoms with Crippen LogP contribution in [0.25, 0.3) is 11.3 Å². The molecule has 1 aromatic carbocycles. The first-order valence-electron chi connectivity index (χ1n) is 9.94. The van der Waals surface area contributed by atoms with Crippen molar-refractivity contribution in [3.63, 3.8) is 0 Å². The zero-order chi connectivity index (χ0) is 19.8. The van der Waals surface area contributed by atoms with Gasteiger partial charge in [-0.15, -0.1) is 0 Å². The summed E-state index contributed by atoms with van der Waals surface area (Å²) >= 11 is 0. The first kappa shape index (κ1) is 21.2. The van der Waals surface area contributed by atoms with E-state index < -0.39 is 0 Å². The molecule has 0 spiro atoms. The SMILES string of the molecule is CN(CCCc1cc(-c2cccc(F)c2)n[nH]1)C(=O)CCCCC1CCSS1. The summed E-state index contributed by atoms with van der Waals surface area (Å²) in [6, 6.07) is 8.40. The van der Waals surface area contributed by atoms with Gasteiger partial charge in [-0.25, -0.2) is 4.39 Å². The normalized spacial score (nSPS) is 16.4. The lowest BCUT2D eigenvalue weighted by atomic mass is 10.1. The first-order chi connectivity index (χ1) is 13.6. The summed E-state index contributed by atoms with van der Waals surface area (Å²) in [4.78, 5) is 14.1. The topological polar surface area (TPSA) is 49.0 Å². The summed E-state index contributed by atoms with van der Waals surface area (Å²) in [5, 5.41) is 8.08. The van der Waals surface area contributed by atoms with Crippen molar-refractivity contribution >= 4 is 27.5 Å². The number of aromatic nitrogens is 2. The Bertz CT molecular complexity index is 762. The Kier molecular flexibility index (Phi) is 8.27. The predicted molar refractivity (Wildman–Crippen MR) is 117 cm³/mol. The number of hydrogen-bond donors (Lipinski definition) is 1. The number of aromatic amines is 1. The number of amides is 1. The summed E-state index contributed by atoms with van der Waals surface area (Å²) in [5.41, 5.74) is 2.52. The Morgan fingerprint density at radius 1 is 1.32 bits per heavy atom. The number of nitrogens with one attached hydrogen (secondary N) is 1. The van der Waals surface area contributed by atoms with E-state index in [0.717, 1.165) is 54.4 Å². The second-order valence-electron chi connectivity index (χ2n) is 7.28. The van der Waals surface area contributed by atoms with Crippen molar-refractivity contribution in [2.75, 3.05) is 19.3 Å². The zero-order valence-corrected chi connectivity index (χ0v) is 18.0. The number of H-pyrrole nitrogens is 1. The molecule has 0 radical (unpaired) electrons. The van der Waals surface area contributed by atoms with Crippen LogP contribution >= 0.6 is 21.6 Å². The van der Waals surface area contributed by atoms with Gasteiger partial charge in [0.05, 0.1) is 5.69 Å². The second kappa shape index (κ2) is 10.9. The van der Waals surface area contributed by atoms with E-state index in [2.05, 4.69) is 10.2 Å². The minimum atomic E-state index is -0.261. The van der Waals surface area contributed by atoms with Crippen LogP contribution in [0.4, 0.5) is 4.39 Å². The van der Waals surface area contributed by atoms with Gasteiger partial charge in [0, 0.05) is 42.3 Å². The van der Waals surface area contributed by atoms with Crippen molar-refractivity contribution in [1.82, 2.24) is 15.1 Å². The maximum absolute atomic E-state index is 13.3. The van der Waals surface area contributed by atoms with Crippen LogP contribution in [0.1, 0.15) is 44.2 Å². The third-order valence-corrected chi connectivity index (χ3v) is 8.02. The number of carbonyl (C=O) groups excluding carboxylic acids is 1. The minimum absolute atomic E-state index is 0.235. The molecule has 0 bridgehead atoms. The Morgan fingerprint density at radius 3 is 3.00 bits per heavy atom. The number of nitrogens with zero attached hydrogens (tertiary/aromatic N) is 2. The molecule has 1 fully saturated rings. The summed E-state index contributed by atoms with van der Waals surface area (Å²) < 4.78 is 13.3. The van der Waals surface area contributed by atoms with Crippen LogP contribution in [0, 0.1) is 5.82 Å². The Labute approximate surface area is 174 Å². The standard InChI is InChI=1S/C21H28FN3OS2/c1-25(21(26)10-3-2-9-19-11-13-27-28-19)12-5-8-18-15-20(24-23-18)16-6-4-7-17(22)14-16/h4,6-7,14-15,19H,2-3,5,8-13H2,1H3,(H,23,24). The van der Waals surface area contributed by atoms with Crippen molar-refractivity contribution in [3.05, 3.63) is 41.8 Å². The summed E-state index contributed by atoms with van der Waals surface area (Å²) in [6.45, 7) is 0.738. The van der Waals surface area contributed by atoms with Gasteiger partial charge in [0.15, 0.2) is 0 Å². The Balaban J connectivity index is 1.33. The molecule has 1 aliphatic heterocycles. The van der Waals surface area contributed by atoms with Crippen LogP contribution in [0.5, 0.6) is 0 Å². The number of aryl methyl sites for hydroxylation is 1. The Morgan fingerprint density at radius 2 is 2.21 bits per heavy atom. The molecule has 28 heavy (non-hydrogen) atoms. The van der Waals surface area contributed by atoms with Crippen LogP contribution in [0.3, 0.4) is 0 Å². The van der Waals surface area contributed by atoms with E-state index >= 15 is 0 Å². The van der Waals surface area contributed by atoms with Crippen LogP contribution < -0.4 is 0 Å². The molecule has 1 aromatic heterocycles. The summed E-state index contributed by atoms with van der Waals surface area (Å²) in [7, 11) is 5.88. The fourth-order valence-electron chi connectivity index (χ4n) is 3.32. The van der Waals surface area contributed by atoms with Gasteiger partial charge in [-0.2, -0.15) is 5.10 Å². The second-order valence-corrected chi connectivity index (χ2v) is 10.1. The number of benzene rings is 1.